The highest BCUT2D eigenvalue weighted by Crippen LogP contribution is 2.30. The van der Waals surface area contributed by atoms with Crippen LogP contribution in [0, 0.1) is 11.6 Å². The largest absolute Gasteiger partial charge is 0.335 e. The summed E-state index contributed by atoms with van der Waals surface area (Å²) in [5.41, 5.74) is 2.01. The highest BCUT2D eigenvalue weighted by atomic mass is 19.1. The van der Waals surface area contributed by atoms with Gasteiger partial charge in [0.05, 0.1) is 11.9 Å². The molecule has 132 valence electrons. The van der Waals surface area contributed by atoms with E-state index in [9.17, 15) is 13.6 Å². The van der Waals surface area contributed by atoms with Crippen molar-refractivity contribution >= 4 is 16.8 Å². The van der Waals surface area contributed by atoms with E-state index in [0.29, 0.717) is 5.56 Å². The van der Waals surface area contributed by atoms with Gasteiger partial charge in [-0.2, -0.15) is 0 Å². The average Bonchev–Trinajstić information content (AvgIpc) is 3.46. The molecule has 26 heavy (non-hydrogen) atoms. The number of hydrogen-bond acceptors (Lipinski definition) is 2. The van der Waals surface area contributed by atoms with E-state index in [1.807, 2.05) is 30.3 Å². The van der Waals surface area contributed by atoms with Crippen LogP contribution >= 0.6 is 0 Å². The zero-order valence-electron chi connectivity index (χ0n) is 14.2. The number of amides is 1. The Kier molecular flexibility index (Phi) is 4.37. The van der Waals surface area contributed by atoms with Gasteiger partial charge < -0.3 is 4.90 Å². The van der Waals surface area contributed by atoms with Gasteiger partial charge >= 0.3 is 0 Å². The minimum atomic E-state index is -0.615. The number of aromatic nitrogens is 1. The van der Waals surface area contributed by atoms with Crippen LogP contribution in [0.4, 0.5) is 8.78 Å². The van der Waals surface area contributed by atoms with E-state index in [1.165, 1.54) is 12.1 Å². The van der Waals surface area contributed by atoms with E-state index in [-0.39, 0.29) is 24.9 Å². The molecule has 1 amide bonds. The van der Waals surface area contributed by atoms with Crippen LogP contribution in [-0.4, -0.2) is 21.8 Å². The number of rotatable bonds is 5. The van der Waals surface area contributed by atoms with Crippen molar-refractivity contribution in [1.29, 1.82) is 0 Å². The van der Waals surface area contributed by atoms with Gasteiger partial charge in [-0.25, -0.2) is 8.78 Å². The lowest BCUT2D eigenvalue weighted by Crippen LogP contribution is -2.34. The molecule has 2 aromatic carbocycles. The number of halogens is 2. The molecular formula is C21H18F2N2O. The molecule has 0 bridgehead atoms. The molecule has 3 nitrogen and oxygen atoms in total. The molecule has 0 unspecified atom stereocenters. The molecule has 3 aromatic rings. The number of carbonyl (C=O) groups excluding carboxylic acids is 1. The van der Waals surface area contributed by atoms with E-state index in [0.717, 1.165) is 35.4 Å². The number of para-hydroxylation sites is 1. The predicted octanol–water partition coefficient (Wildman–Crippen LogP) is 4.25. The van der Waals surface area contributed by atoms with Gasteiger partial charge in [-0.05, 0) is 30.5 Å². The minimum absolute atomic E-state index is 0.0608. The van der Waals surface area contributed by atoms with Gasteiger partial charge in [-0.1, -0.05) is 30.3 Å². The SMILES string of the molecule is O=C(Cc1cccc2cccnc12)N(Cc1ccc(F)cc1F)C1CC1. The Morgan fingerprint density at radius 3 is 2.65 bits per heavy atom. The number of nitrogens with zero attached hydrogens (tertiary/aromatic N) is 2. The summed E-state index contributed by atoms with van der Waals surface area (Å²) < 4.78 is 27.1. The van der Waals surface area contributed by atoms with Crippen LogP contribution in [-0.2, 0) is 17.8 Å². The Balaban J connectivity index is 1.58. The van der Waals surface area contributed by atoms with Gasteiger partial charge in [0.2, 0.25) is 5.91 Å². The molecule has 1 saturated carbocycles. The maximum Gasteiger partial charge on any atom is 0.227 e. The van der Waals surface area contributed by atoms with Crippen molar-refractivity contribution in [2.24, 2.45) is 0 Å². The Morgan fingerprint density at radius 2 is 1.88 bits per heavy atom. The third kappa shape index (κ3) is 3.43. The topological polar surface area (TPSA) is 33.2 Å². The van der Waals surface area contributed by atoms with Crippen molar-refractivity contribution in [3.8, 4) is 0 Å². The Hall–Kier alpha value is -2.82. The molecule has 1 heterocycles. The maximum absolute atomic E-state index is 14.0. The van der Waals surface area contributed by atoms with Crippen molar-refractivity contribution in [3.63, 3.8) is 0 Å². The van der Waals surface area contributed by atoms with E-state index < -0.39 is 11.6 Å². The standard InChI is InChI=1S/C21H18F2N2O/c22-17-7-6-16(19(23)12-17)13-25(18-8-9-18)20(26)11-15-4-1-3-14-5-2-10-24-21(14)15/h1-7,10,12,18H,8-9,11,13H2. The number of fused-ring (bicyclic) bond motifs is 1. The van der Waals surface area contributed by atoms with Gasteiger partial charge in [-0.15, -0.1) is 0 Å². The molecule has 5 heteroatoms. The second kappa shape index (κ2) is 6.83. The highest BCUT2D eigenvalue weighted by molar-refractivity contribution is 5.87. The molecule has 0 N–H and O–H groups in total. The summed E-state index contributed by atoms with van der Waals surface area (Å²) in [5, 5.41) is 0.986. The van der Waals surface area contributed by atoms with Crippen LogP contribution in [0.2, 0.25) is 0 Å². The molecule has 0 radical (unpaired) electrons. The minimum Gasteiger partial charge on any atom is -0.335 e. The van der Waals surface area contributed by atoms with Crippen molar-refractivity contribution in [2.45, 2.75) is 31.8 Å². The third-order valence-electron chi connectivity index (χ3n) is 4.72. The normalized spacial score (nSPS) is 13.8. The first-order valence-electron chi connectivity index (χ1n) is 8.68. The van der Waals surface area contributed by atoms with E-state index in [2.05, 4.69) is 4.98 Å². The molecule has 0 atom stereocenters. The lowest BCUT2D eigenvalue weighted by atomic mass is 10.1. The van der Waals surface area contributed by atoms with Gasteiger partial charge in [0.15, 0.2) is 0 Å². The number of carbonyl (C=O) groups is 1. The average molecular weight is 352 g/mol. The Bertz CT molecular complexity index is 964. The number of hydrogen-bond donors (Lipinski definition) is 0. The first kappa shape index (κ1) is 16.6. The van der Waals surface area contributed by atoms with Crippen molar-refractivity contribution < 1.29 is 13.6 Å². The molecule has 4 rings (SSSR count). The van der Waals surface area contributed by atoms with Crippen LogP contribution in [0.3, 0.4) is 0 Å². The fourth-order valence-corrected chi connectivity index (χ4v) is 3.22. The Morgan fingerprint density at radius 1 is 1.08 bits per heavy atom. The zero-order valence-corrected chi connectivity index (χ0v) is 14.2. The van der Waals surface area contributed by atoms with Crippen molar-refractivity contribution in [3.05, 3.63) is 77.5 Å². The van der Waals surface area contributed by atoms with Crippen LogP contribution < -0.4 is 0 Å². The summed E-state index contributed by atoms with van der Waals surface area (Å²) in [7, 11) is 0. The summed E-state index contributed by atoms with van der Waals surface area (Å²) in [6.45, 7) is 0.161. The van der Waals surface area contributed by atoms with E-state index in [1.54, 1.807) is 11.1 Å². The lowest BCUT2D eigenvalue weighted by molar-refractivity contribution is -0.131. The molecule has 0 spiro atoms. The van der Waals surface area contributed by atoms with E-state index >= 15 is 0 Å². The molecule has 1 aliphatic carbocycles. The smallest absolute Gasteiger partial charge is 0.227 e. The number of pyridine rings is 1. The quantitative estimate of drug-likeness (QED) is 0.688. The second-order valence-electron chi connectivity index (χ2n) is 6.66. The molecule has 0 saturated heterocycles. The van der Waals surface area contributed by atoms with Gasteiger partial charge in [-0.3, -0.25) is 9.78 Å². The molecule has 0 aliphatic heterocycles. The number of benzene rings is 2. The molecule has 1 aromatic heterocycles. The fraction of sp³-hybridized carbons (Fsp3) is 0.238. The molecular weight excluding hydrogens is 334 g/mol. The van der Waals surface area contributed by atoms with Gasteiger partial charge in [0, 0.05) is 35.8 Å². The van der Waals surface area contributed by atoms with Crippen LogP contribution in [0.1, 0.15) is 24.0 Å². The van der Waals surface area contributed by atoms with Crippen LogP contribution in [0.5, 0.6) is 0 Å². The van der Waals surface area contributed by atoms with Crippen molar-refractivity contribution in [1.82, 2.24) is 9.88 Å². The van der Waals surface area contributed by atoms with Crippen LogP contribution in [0.15, 0.2) is 54.7 Å². The Labute approximate surface area is 150 Å². The monoisotopic (exact) mass is 352 g/mol. The second-order valence-corrected chi connectivity index (χ2v) is 6.66. The van der Waals surface area contributed by atoms with Gasteiger partial charge in [0.25, 0.3) is 0 Å². The van der Waals surface area contributed by atoms with Crippen LogP contribution in [0.25, 0.3) is 10.9 Å². The zero-order chi connectivity index (χ0) is 18.1. The maximum atomic E-state index is 14.0. The lowest BCUT2D eigenvalue weighted by Gasteiger charge is -2.23. The fourth-order valence-electron chi connectivity index (χ4n) is 3.22. The first-order chi connectivity index (χ1) is 12.6. The summed E-state index contributed by atoms with van der Waals surface area (Å²) in [5.74, 6) is -1.29. The highest BCUT2D eigenvalue weighted by Gasteiger charge is 2.33. The molecule has 1 fully saturated rings. The first-order valence-corrected chi connectivity index (χ1v) is 8.68. The van der Waals surface area contributed by atoms with Gasteiger partial charge in [0.1, 0.15) is 11.6 Å². The van der Waals surface area contributed by atoms with E-state index in [4.69, 9.17) is 0 Å². The summed E-state index contributed by atoms with van der Waals surface area (Å²) in [4.78, 5) is 19.0. The molecule has 1 aliphatic rings. The predicted molar refractivity (Wildman–Crippen MR) is 95.4 cm³/mol. The summed E-state index contributed by atoms with van der Waals surface area (Å²) >= 11 is 0. The summed E-state index contributed by atoms with van der Waals surface area (Å²) in [6.07, 6.45) is 3.77. The third-order valence-corrected chi connectivity index (χ3v) is 4.72. The van der Waals surface area contributed by atoms with Crippen molar-refractivity contribution in [2.75, 3.05) is 0 Å². The summed E-state index contributed by atoms with van der Waals surface area (Å²) in [6, 6.07) is 13.2.